The molecule has 0 aliphatic rings. The van der Waals surface area contributed by atoms with Crippen molar-refractivity contribution in [3.05, 3.63) is 162 Å². The lowest BCUT2D eigenvalue weighted by Gasteiger charge is -2.19. The van der Waals surface area contributed by atoms with Crippen molar-refractivity contribution in [3.63, 3.8) is 0 Å². The highest BCUT2D eigenvalue weighted by molar-refractivity contribution is 6.09. The Morgan fingerprint density at radius 3 is 1.80 bits per heavy atom. The number of aryl methyl sites for hydroxylation is 1. The van der Waals surface area contributed by atoms with Gasteiger partial charge in [0.25, 0.3) is 0 Å². The van der Waals surface area contributed by atoms with Crippen LogP contribution in [-0.4, -0.2) is 9.13 Å². The Bertz CT molecular complexity index is 2460. The Labute approximate surface area is 268 Å². The van der Waals surface area contributed by atoms with E-state index in [4.69, 9.17) is 0 Å². The minimum Gasteiger partial charge on any atom is -0.309 e. The molecule has 0 bridgehead atoms. The van der Waals surface area contributed by atoms with Gasteiger partial charge in [-0.05, 0) is 78.6 Å². The molecule has 0 N–H and O–H groups in total. The third-order valence-electron chi connectivity index (χ3n) is 9.09. The number of para-hydroxylation sites is 4. The zero-order chi connectivity index (χ0) is 31.2. The molecule has 0 aliphatic heterocycles. The maximum absolute atomic E-state index is 10.5. The van der Waals surface area contributed by atoms with E-state index in [-0.39, 0.29) is 0 Å². The molecule has 0 saturated heterocycles. The Morgan fingerprint density at radius 1 is 0.565 bits per heavy atom. The van der Waals surface area contributed by atoms with E-state index >= 15 is 0 Å². The lowest BCUT2D eigenvalue weighted by atomic mass is 9.92. The highest BCUT2D eigenvalue weighted by Gasteiger charge is 2.21. The van der Waals surface area contributed by atoms with Crippen LogP contribution in [-0.2, 0) is 0 Å². The fraction of sp³-hybridized carbons (Fsp3) is 0.0465. The molecule has 46 heavy (non-hydrogen) atoms. The lowest BCUT2D eigenvalue weighted by Crippen LogP contribution is -2.03. The van der Waals surface area contributed by atoms with Crippen molar-refractivity contribution in [2.45, 2.75) is 13.8 Å². The Morgan fingerprint density at radius 2 is 1.13 bits per heavy atom. The maximum atomic E-state index is 10.5. The summed E-state index contributed by atoms with van der Waals surface area (Å²) in [6, 6.07) is 51.6. The maximum Gasteiger partial charge on any atom is 0.101 e. The zero-order valence-electron chi connectivity index (χ0n) is 25.8. The predicted octanol–water partition coefficient (Wildman–Crippen LogP) is 11.3. The summed E-state index contributed by atoms with van der Waals surface area (Å²) < 4.78 is 4.63. The smallest absolute Gasteiger partial charge is 0.101 e. The van der Waals surface area contributed by atoms with Crippen LogP contribution in [0, 0.1) is 18.3 Å². The molecular formula is C43H31N3. The van der Waals surface area contributed by atoms with Gasteiger partial charge in [-0.2, -0.15) is 5.26 Å². The fourth-order valence-electron chi connectivity index (χ4n) is 7.09. The first-order valence-electron chi connectivity index (χ1n) is 15.6. The average molecular weight is 590 g/mol. The Hall–Kier alpha value is -6.11. The van der Waals surface area contributed by atoms with E-state index in [1.54, 1.807) is 0 Å². The van der Waals surface area contributed by atoms with E-state index in [1.807, 2.05) is 19.1 Å². The van der Waals surface area contributed by atoms with E-state index in [2.05, 4.69) is 162 Å². The minimum atomic E-state index is 0.637. The van der Waals surface area contributed by atoms with E-state index < -0.39 is 0 Å². The number of fused-ring (bicyclic) bond motifs is 4. The average Bonchev–Trinajstić information content (AvgIpc) is 3.59. The summed E-state index contributed by atoms with van der Waals surface area (Å²) >= 11 is 0. The molecule has 8 rings (SSSR count). The van der Waals surface area contributed by atoms with Gasteiger partial charge in [0.2, 0.25) is 0 Å². The molecule has 3 heteroatoms. The van der Waals surface area contributed by atoms with Gasteiger partial charge in [-0.3, -0.25) is 0 Å². The van der Waals surface area contributed by atoms with Gasteiger partial charge in [-0.1, -0.05) is 109 Å². The highest BCUT2D eigenvalue weighted by Crippen LogP contribution is 2.41. The highest BCUT2D eigenvalue weighted by atomic mass is 15.0. The largest absolute Gasteiger partial charge is 0.309 e. The molecule has 218 valence electrons. The molecule has 0 fully saturated rings. The van der Waals surface area contributed by atoms with Gasteiger partial charge in [-0.15, -0.1) is 0 Å². The van der Waals surface area contributed by atoms with Crippen molar-refractivity contribution in [3.8, 4) is 39.7 Å². The molecule has 0 radical (unpaired) electrons. The summed E-state index contributed by atoms with van der Waals surface area (Å²) in [4.78, 5) is 0. The van der Waals surface area contributed by atoms with E-state index in [9.17, 15) is 5.26 Å². The summed E-state index contributed by atoms with van der Waals surface area (Å²) in [5.41, 5.74) is 12.7. The third kappa shape index (κ3) is 4.19. The zero-order valence-corrected chi connectivity index (χ0v) is 25.8. The van der Waals surface area contributed by atoms with E-state index in [0.717, 1.165) is 44.8 Å². The van der Waals surface area contributed by atoms with Gasteiger partial charge in [0.05, 0.1) is 27.8 Å². The fourth-order valence-corrected chi connectivity index (χ4v) is 7.09. The molecule has 2 heterocycles. The van der Waals surface area contributed by atoms with Crippen molar-refractivity contribution >= 4 is 38.8 Å². The molecule has 0 saturated carbocycles. The van der Waals surface area contributed by atoms with Crippen LogP contribution < -0.4 is 0 Å². The van der Waals surface area contributed by atoms with Crippen molar-refractivity contribution in [1.29, 1.82) is 5.26 Å². The topological polar surface area (TPSA) is 33.6 Å². The monoisotopic (exact) mass is 589 g/mol. The SMILES string of the molecule is C/C=C\c1c(C)c2ccccc2n1-c1c(C#N)cccc1-c1ccccc1-c1cccc(-n2c3ccccc3c3ccccc32)c1. The summed E-state index contributed by atoms with van der Waals surface area (Å²) in [6.07, 6.45) is 4.22. The number of aromatic nitrogens is 2. The Kier molecular flexibility index (Phi) is 6.63. The number of hydrogen-bond donors (Lipinski definition) is 0. The minimum absolute atomic E-state index is 0.637. The molecule has 0 unspecified atom stereocenters. The normalized spacial score (nSPS) is 11.6. The molecule has 0 atom stereocenters. The predicted molar refractivity (Wildman–Crippen MR) is 193 cm³/mol. The molecule has 0 spiro atoms. The number of benzene rings is 6. The van der Waals surface area contributed by atoms with Crippen LogP contribution in [0.25, 0.3) is 72.4 Å². The van der Waals surface area contributed by atoms with Crippen LogP contribution in [0.3, 0.4) is 0 Å². The molecular weight excluding hydrogens is 558 g/mol. The van der Waals surface area contributed by atoms with Gasteiger partial charge in [0.15, 0.2) is 0 Å². The van der Waals surface area contributed by atoms with Gasteiger partial charge in [0, 0.05) is 33.1 Å². The standard InChI is InChI=1S/C43H31N3/c1-3-14-39-29(2)33-18-6-9-24-40(33)46(39)43-31(28-44)16-13-23-38(43)35-20-5-4-19-34(35)30-15-12-17-32(27-30)45-41-25-10-7-21-36(41)37-22-8-11-26-42(37)45/h3-27H,1-2H3/b14-3-. The van der Waals surface area contributed by atoms with Crippen LogP contribution in [0.2, 0.25) is 0 Å². The summed E-state index contributed by atoms with van der Waals surface area (Å²) in [7, 11) is 0. The molecule has 6 aromatic carbocycles. The second kappa shape index (κ2) is 11.1. The number of rotatable bonds is 5. The molecule has 0 amide bonds. The van der Waals surface area contributed by atoms with Gasteiger partial charge in [0.1, 0.15) is 6.07 Å². The first-order valence-corrected chi connectivity index (χ1v) is 15.6. The number of nitriles is 1. The van der Waals surface area contributed by atoms with Crippen LogP contribution in [0.1, 0.15) is 23.7 Å². The third-order valence-corrected chi connectivity index (χ3v) is 9.09. The van der Waals surface area contributed by atoms with Gasteiger partial charge in [-0.25, -0.2) is 0 Å². The van der Waals surface area contributed by atoms with Crippen molar-refractivity contribution < 1.29 is 0 Å². The number of hydrogen-bond acceptors (Lipinski definition) is 1. The quantitative estimate of drug-likeness (QED) is 0.197. The van der Waals surface area contributed by atoms with Crippen LogP contribution in [0.5, 0.6) is 0 Å². The van der Waals surface area contributed by atoms with Crippen molar-refractivity contribution in [1.82, 2.24) is 9.13 Å². The van der Waals surface area contributed by atoms with Gasteiger partial charge >= 0.3 is 0 Å². The second-order valence-corrected chi connectivity index (χ2v) is 11.6. The number of nitrogens with zero attached hydrogens (tertiary/aromatic N) is 3. The lowest BCUT2D eigenvalue weighted by molar-refractivity contribution is 1.09. The van der Waals surface area contributed by atoms with E-state index in [0.29, 0.717) is 5.56 Å². The second-order valence-electron chi connectivity index (χ2n) is 11.6. The first-order chi connectivity index (χ1) is 22.7. The first kappa shape index (κ1) is 27.4. The summed E-state index contributed by atoms with van der Waals surface area (Å²) in [5, 5.41) is 14.1. The van der Waals surface area contributed by atoms with Crippen LogP contribution in [0.15, 0.2) is 146 Å². The summed E-state index contributed by atoms with van der Waals surface area (Å²) in [6.45, 7) is 4.20. The molecule has 8 aromatic rings. The van der Waals surface area contributed by atoms with Crippen LogP contribution >= 0.6 is 0 Å². The number of allylic oxidation sites excluding steroid dienone is 1. The van der Waals surface area contributed by atoms with Crippen molar-refractivity contribution in [2.75, 3.05) is 0 Å². The van der Waals surface area contributed by atoms with Crippen LogP contribution in [0.4, 0.5) is 0 Å². The van der Waals surface area contributed by atoms with Gasteiger partial charge < -0.3 is 9.13 Å². The van der Waals surface area contributed by atoms with Crippen molar-refractivity contribution in [2.24, 2.45) is 0 Å². The molecule has 0 aliphatic carbocycles. The summed E-state index contributed by atoms with van der Waals surface area (Å²) in [5.74, 6) is 0. The van der Waals surface area contributed by atoms with E-state index in [1.165, 1.54) is 32.8 Å². The molecule has 3 nitrogen and oxygen atoms in total. The molecule has 2 aromatic heterocycles. The Balaban J connectivity index is 1.38.